The topological polar surface area (TPSA) is 49.2 Å². The molecular formula is C12H14F3N3O. The maximum absolute atomic E-state index is 12.5. The molecule has 0 saturated carbocycles. The van der Waals surface area contributed by atoms with Gasteiger partial charge in [0.05, 0.1) is 11.7 Å². The first kappa shape index (κ1) is 12.7. The fourth-order valence-corrected chi connectivity index (χ4v) is 3.08. The maximum atomic E-state index is 12.5. The van der Waals surface area contributed by atoms with Crippen LogP contribution in [-0.4, -0.2) is 33.3 Å². The van der Waals surface area contributed by atoms with E-state index in [2.05, 4.69) is 9.97 Å². The van der Waals surface area contributed by atoms with Crippen LogP contribution < -0.4 is 4.90 Å². The van der Waals surface area contributed by atoms with Crippen LogP contribution in [0.2, 0.25) is 0 Å². The highest BCUT2D eigenvalue weighted by Crippen LogP contribution is 2.38. The van der Waals surface area contributed by atoms with Gasteiger partial charge in [0, 0.05) is 24.5 Å². The minimum atomic E-state index is -4.41. The Morgan fingerprint density at radius 1 is 1.11 bits per heavy atom. The van der Waals surface area contributed by atoms with Crippen molar-refractivity contribution in [2.24, 2.45) is 0 Å². The van der Waals surface area contributed by atoms with E-state index in [-0.39, 0.29) is 18.2 Å². The Kier molecular flexibility index (Phi) is 2.88. The van der Waals surface area contributed by atoms with Crippen molar-refractivity contribution in [3.8, 4) is 0 Å². The third-order valence-corrected chi connectivity index (χ3v) is 3.90. The average Bonchev–Trinajstić information content (AvgIpc) is 2.61. The van der Waals surface area contributed by atoms with Crippen LogP contribution >= 0.6 is 0 Å². The summed E-state index contributed by atoms with van der Waals surface area (Å²) >= 11 is 0. The third-order valence-electron chi connectivity index (χ3n) is 3.90. The first-order chi connectivity index (χ1) is 8.95. The molecule has 7 heteroatoms. The van der Waals surface area contributed by atoms with Gasteiger partial charge in [-0.25, -0.2) is 9.97 Å². The lowest BCUT2D eigenvalue weighted by molar-refractivity contribution is -0.138. The fraction of sp³-hybridized carbons (Fsp3) is 0.667. The number of hydrogen-bond acceptors (Lipinski definition) is 4. The van der Waals surface area contributed by atoms with E-state index in [0.717, 1.165) is 25.2 Å². The second kappa shape index (κ2) is 4.33. The van der Waals surface area contributed by atoms with Crippen LogP contribution in [0.4, 0.5) is 19.1 Å². The second-order valence-corrected chi connectivity index (χ2v) is 5.19. The molecule has 0 spiro atoms. The molecule has 2 unspecified atom stereocenters. The molecule has 2 atom stereocenters. The van der Waals surface area contributed by atoms with Crippen molar-refractivity contribution < 1.29 is 18.3 Å². The van der Waals surface area contributed by atoms with E-state index >= 15 is 0 Å². The molecule has 1 aromatic heterocycles. The average molecular weight is 273 g/mol. The van der Waals surface area contributed by atoms with Gasteiger partial charge in [-0.15, -0.1) is 0 Å². The monoisotopic (exact) mass is 273 g/mol. The number of aromatic nitrogens is 2. The Balaban J connectivity index is 1.84. The molecule has 2 aliphatic rings. The number of nitrogens with zero attached hydrogens (tertiary/aromatic N) is 3. The van der Waals surface area contributed by atoms with Crippen LogP contribution in [-0.2, 0) is 6.18 Å². The fourth-order valence-electron chi connectivity index (χ4n) is 3.08. The van der Waals surface area contributed by atoms with Crippen LogP contribution in [0.5, 0.6) is 0 Å². The van der Waals surface area contributed by atoms with Crippen molar-refractivity contribution in [3.63, 3.8) is 0 Å². The summed E-state index contributed by atoms with van der Waals surface area (Å²) in [7, 11) is 0. The van der Waals surface area contributed by atoms with Crippen molar-refractivity contribution in [3.05, 3.63) is 18.0 Å². The zero-order chi connectivity index (χ0) is 13.6. The second-order valence-electron chi connectivity index (χ2n) is 5.19. The Morgan fingerprint density at radius 2 is 1.63 bits per heavy atom. The van der Waals surface area contributed by atoms with E-state index in [1.807, 2.05) is 4.90 Å². The number of alkyl halides is 3. The molecule has 1 N–H and O–H groups in total. The van der Waals surface area contributed by atoms with E-state index in [9.17, 15) is 18.3 Å². The summed E-state index contributed by atoms with van der Waals surface area (Å²) in [5.74, 6) is 0.340. The van der Waals surface area contributed by atoms with Gasteiger partial charge < -0.3 is 10.0 Å². The van der Waals surface area contributed by atoms with Gasteiger partial charge in [-0.1, -0.05) is 0 Å². The maximum Gasteiger partial charge on any atom is 0.419 e. The number of hydrogen-bond donors (Lipinski definition) is 1. The molecular weight excluding hydrogens is 259 g/mol. The number of fused-ring (bicyclic) bond motifs is 2. The normalized spacial score (nSPS) is 30.7. The molecule has 3 heterocycles. The predicted octanol–water partition coefficient (Wildman–Crippen LogP) is 1.99. The van der Waals surface area contributed by atoms with E-state index in [4.69, 9.17) is 0 Å². The smallest absolute Gasteiger partial charge is 0.393 e. The highest BCUT2D eigenvalue weighted by atomic mass is 19.4. The Bertz CT molecular complexity index is 448. The van der Waals surface area contributed by atoms with Gasteiger partial charge in [-0.2, -0.15) is 13.2 Å². The van der Waals surface area contributed by atoms with Crippen LogP contribution in [0, 0.1) is 0 Å². The van der Waals surface area contributed by atoms with Crippen LogP contribution in [0.3, 0.4) is 0 Å². The minimum Gasteiger partial charge on any atom is -0.393 e. The molecule has 2 saturated heterocycles. The number of rotatable bonds is 1. The first-order valence-electron chi connectivity index (χ1n) is 6.31. The van der Waals surface area contributed by atoms with Crippen molar-refractivity contribution in [1.29, 1.82) is 0 Å². The van der Waals surface area contributed by atoms with Gasteiger partial charge in [0.25, 0.3) is 0 Å². The van der Waals surface area contributed by atoms with Gasteiger partial charge in [0.2, 0.25) is 5.95 Å². The van der Waals surface area contributed by atoms with E-state index in [0.29, 0.717) is 18.8 Å². The van der Waals surface area contributed by atoms with E-state index < -0.39 is 11.7 Å². The van der Waals surface area contributed by atoms with Crippen molar-refractivity contribution >= 4 is 5.95 Å². The number of halogens is 3. The van der Waals surface area contributed by atoms with Gasteiger partial charge in [-0.3, -0.25) is 0 Å². The highest BCUT2D eigenvalue weighted by Gasteiger charge is 2.41. The number of anilines is 1. The zero-order valence-electron chi connectivity index (χ0n) is 10.1. The Hall–Kier alpha value is -1.37. The molecule has 3 rings (SSSR count). The largest absolute Gasteiger partial charge is 0.419 e. The van der Waals surface area contributed by atoms with Gasteiger partial charge >= 0.3 is 6.18 Å². The molecule has 0 amide bonds. The molecule has 4 nitrogen and oxygen atoms in total. The van der Waals surface area contributed by atoms with Gasteiger partial charge in [0.1, 0.15) is 0 Å². The minimum absolute atomic E-state index is 0.144. The standard InChI is InChI=1S/C12H14F3N3O/c13-12(14,15)7-5-16-11(17-6-7)18-8-1-2-9(18)4-10(19)3-8/h5-6,8-10,19H,1-4H2. The molecule has 0 aliphatic carbocycles. The van der Waals surface area contributed by atoms with Crippen LogP contribution in [0.15, 0.2) is 12.4 Å². The van der Waals surface area contributed by atoms with E-state index in [1.165, 1.54) is 0 Å². The molecule has 19 heavy (non-hydrogen) atoms. The number of aliphatic hydroxyl groups excluding tert-OH is 1. The molecule has 104 valence electrons. The molecule has 1 aromatic rings. The van der Waals surface area contributed by atoms with Crippen molar-refractivity contribution in [2.45, 2.75) is 50.0 Å². The van der Waals surface area contributed by atoms with Crippen molar-refractivity contribution in [2.75, 3.05) is 4.90 Å². The lowest BCUT2D eigenvalue weighted by Gasteiger charge is -2.37. The molecule has 2 aliphatic heterocycles. The number of aliphatic hydroxyl groups is 1. The Labute approximate surface area is 108 Å². The van der Waals surface area contributed by atoms with Crippen molar-refractivity contribution in [1.82, 2.24) is 9.97 Å². The lowest BCUT2D eigenvalue weighted by atomic mass is 10.0. The summed E-state index contributed by atoms with van der Waals surface area (Å²) in [5.41, 5.74) is -0.833. The van der Waals surface area contributed by atoms with Crippen LogP contribution in [0.25, 0.3) is 0 Å². The van der Waals surface area contributed by atoms with Crippen LogP contribution in [0.1, 0.15) is 31.2 Å². The van der Waals surface area contributed by atoms with E-state index in [1.54, 1.807) is 0 Å². The summed E-state index contributed by atoms with van der Waals surface area (Å²) in [4.78, 5) is 9.66. The summed E-state index contributed by atoms with van der Waals surface area (Å²) in [5, 5.41) is 9.69. The van der Waals surface area contributed by atoms with Gasteiger partial charge in [0.15, 0.2) is 0 Å². The summed E-state index contributed by atoms with van der Waals surface area (Å²) in [6, 6.07) is 0.288. The summed E-state index contributed by atoms with van der Waals surface area (Å²) in [6.07, 6.45) is 0.0815. The quantitative estimate of drug-likeness (QED) is 0.850. The predicted molar refractivity (Wildman–Crippen MR) is 61.6 cm³/mol. The highest BCUT2D eigenvalue weighted by molar-refractivity contribution is 5.37. The molecule has 0 aromatic carbocycles. The summed E-state index contributed by atoms with van der Waals surface area (Å²) in [6.45, 7) is 0. The lowest BCUT2D eigenvalue weighted by Crippen LogP contribution is -2.45. The molecule has 0 radical (unpaired) electrons. The SMILES string of the molecule is OC1CC2CCC(C1)N2c1ncc(C(F)(F)F)cn1. The molecule has 2 fully saturated rings. The summed E-state index contributed by atoms with van der Waals surface area (Å²) < 4.78 is 37.4. The van der Waals surface area contributed by atoms with Gasteiger partial charge in [-0.05, 0) is 25.7 Å². The first-order valence-corrected chi connectivity index (χ1v) is 6.31. The zero-order valence-corrected chi connectivity index (χ0v) is 10.1. The third kappa shape index (κ3) is 2.27. The Morgan fingerprint density at radius 3 is 2.11 bits per heavy atom. The number of piperidine rings is 1. The molecule has 2 bridgehead atoms.